The lowest BCUT2D eigenvalue weighted by molar-refractivity contribution is 0.628. The zero-order chi connectivity index (χ0) is 8.20. The predicted molar refractivity (Wildman–Crippen MR) is 50.2 cm³/mol. The third kappa shape index (κ3) is 3.54. The molecule has 0 bridgehead atoms. The van der Waals surface area contributed by atoms with Crippen molar-refractivity contribution in [3.05, 3.63) is 24.3 Å². The quantitative estimate of drug-likeness (QED) is 0.382. The van der Waals surface area contributed by atoms with Crippen molar-refractivity contribution in [3.8, 4) is 0 Å². The second-order valence-electron chi connectivity index (χ2n) is 2.74. The molecule has 0 radical (unpaired) electrons. The molecule has 0 aromatic carbocycles. The molecule has 0 saturated carbocycles. The summed E-state index contributed by atoms with van der Waals surface area (Å²) in [7, 11) is 0. The predicted octanol–water partition coefficient (Wildman–Crippen LogP) is 1.84. The standard InChI is InChI=1S/C8H13NS/c1-7(5-4-6-10)8(2,3)9/h4-6H,1,9H2,2-3H3/b5-4-. The molecule has 0 spiro atoms. The van der Waals surface area contributed by atoms with Gasteiger partial charge in [0.15, 0.2) is 0 Å². The van der Waals surface area contributed by atoms with E-state index in [1.807, 2.05) is 19.9 Å². The van der Waals surface area contributed by atoms with Crippen molar-refractivity contribution in [1.82, 2.24) is 0 Å². The molecule has 0 heterocycles. The lowest BCUT2D eigenvalue weighted by atomic mass is 9.97. The molecule has 0 aliphatic carbocycles. The fourth-order valence-corrected chi connectivity index (χ4v) is 0.449. The maximum Gasteiger partial charge on any atom is 0.0346 e. The first-order valence-corrected chi connectivity index (χ1v) is 3.55. The Balaban J connectivity index is 4.11. The van der Waals surface area contributed by atoms with E-state index in [2.05, 4.69) is 18.8 Å². The lowest BCUT2D eigenvalue weighted by Crippen LogP contribution is -2.32. The summed E-state index contributed by atoms with van der Waals surface area (Å²) in [4.78, 5) is 0. The Bertz CT molecular complexity index is 163. The second-order valence-corrected chi connectivity index (χ2v) is 3.01. The van der Waals surface area contributed by atoms with Crippen LogP contribution in [0.3, 0.4) is 0 Å². The number of nitrogens with two attached hydrogens (primary N) is 1. The summed E-state index contributed by atoms with van der Waals surface area (Å²) in [5.41, 5.74) is 6.27. The molecule has 0 aromatic rings. The lowest BCUT2D eigenvalue weighted by Gasteiger charge is -2.18. The van der Waals surface area contributed by atoms with Gasteiger partial charge in [0.25, 0.3) is 0 Å². The smallest absolute Gasteiger partial charge is 0.0346 e. The van der Waals surface area contributed by atoms with Crippen LogP contribution >= 0.6 is 12.2 Å². The normalized spacial score (nSPS) is 11.9. The van der Waals surface area contributed by atoms with Gasteiger partial charge in [-0.25, -0.2) is 0 Å². The van der Waals surface area contributed by atoms with E-state index in [-0.39, 0.29) is 5.54 Å². The van der Waals surface area contributed by atoms with Crippen LogP contribution in [0.25, 0.3) is 0 Å². The maximum atomic E-state index is 5.72. The van der Waals surface area contributed by atoms with Crippen molar-refractivity contribution in [2.24, 2.45) is 5.73 Å². The highest BCUT2D eigenvalue weighted by atomic mass is 32.1. The van der Waals surface area contributed by atoms with Gasteiger partial charge < -0.3 is 5.73 Å². The van der Waals surface area contributed by atoms with Crippen LogP contribution in [0.1, 0.15) is 13.8 Å². The van der Waals surface area contributed by atoms with Crippen LogP contribution in [0, 0.1) is 0 Å². The highest BCUT2D eigenvalue weighted by molar-refractivity contribution is 7.79. The van der Waals surface area contributed by atoms with Crippen LogP contribution in [-0.2, 0) is 0 Å². The molecular formula is C8H13NS. The van der Waals surface area contributed by atoms with E-state index >= 15 is 0 Å². The number of rotatable bonds is 3. The molecule has 0 unspecified atom stereocenters. The maximum absolute atomic E-state index is 5.72. The molecular weight excluding hydrogens is 142 g/mol. The van der Waals surface area contributed by atoms with Crippen LogP contribution in [0.4, 0.5) is 0 Å². The summed E-state index contributed by atoms with van der Waals surface area (Å²) >= 11 is 4.60. The molecule has 0 aliphatic heterocycles. The number of hydrogen-bond acceptors (Lipinski definition) is 2. The van der Waals surface area contributed by atoms with E-state index in [4.69, 9.17) is 5.73 Å². The topological polar surface area (TPSA) is 26.0 Å². The van der Waals surface area contributed by atoms with E-state index in [0.29, 0.717) is 0 Å². The Hall–Kier alpha value is -0.470. The van der Waals surface area contributed by atoms with Gasteiger partial charge in [0.05, 0.1) is 0 Å². The Morgan fingerprint density at radius 2 is 2.10 bits per heavy atom. The number of allylic oxidation sites excluding steroid dienone is 1. The molecule has 0 aromatic heterocycles. The van der Waals surface area contributed by atoms with E-state index < -0.39 is 0 Å². The minimum absolute atomic E-state index is 0.338. The Labute approximate surface area is 67.6 Å². The van der Waals surface area contributed by atoms with Crippen LogP contribution in [0.5, 0.6) is 0 Å². The first-order valence-electron chi connectivity index (χ1n) is 3.08. The molecule has 2 N–H and O–H groups in total. The van der Waals surface area contributed by atoms with E-state index in [1.165, 1.54) is 5.37 Å². The Morgan fingerprint density at radius 3 is 2.40 bits per heavy atom. The Morgan fingerprint density at radius 1 is 1.60 bits per heavy atom. The van der Waals surface area contributed by atoms with Crippen molar-refractivity contribution >= 4 is 17.6 Å². The average molecular weight is 155 g/mol. The highest BCUT2D eigenvalue weighted by Gasteiger charge is 2.11. The SMILES string of the molecule is C=C(/C=C\C=S)C(C)(C)N. The first-order chi connectivity index (χ1) is 4.48. The van der Waals surface area contributed by atoms with Gasteiger partial charge >= 0.3 is 0 Å². The first kappa shape index (κ1) is 9.53. The van der Waals surface area contributed by atoms with Gasteiger partial charge in [0.2, 0.25) is 0 Å². The second kappa shape index (κ2) is 3.64. The summed E-state index contributed by atoms with van der Waals surface area (Å²) in [5, 5.41) is 1.54. The molecule has 2 heteroatoms. The largest absolute Gasteiger partial charge is 0.322 e. The van der Waals surface area contributed by atoms with Crippen LogP contribution in [0.2, 0.25) is 0 Å². The van der Waals surface area contributed by atoms with Crippen molar-refractivity contribution in [1.29, 1.82) is 0 Å². The van der Waals surface area contributed by atoms with Crippen LogP contribution in [0.15, 0.2) is 24.3 Å². The Kier molecular flexibility index (Phi) is 3.47. The summed E-state index contributed by atoms with van der Waals surface area (Å²) in [5.74, 6) is 0. The van der Waals surface area contributed by atoms with Crippen LogP contribution in [-0.4, -0.2) is 10.9 Å². The number of hydrogen-bond donors (Lipinski definition) is 1. The molecule has 0 amide bonds. The van der Waals surface area contributed by atoms with Gasteiger partial charge in [-0.2, -0.15) is 0 Å². The molecule has 0 rings (SSSR count). The summed E-state index contributed by atoms with van der Waals surface area (Å²) in [6, 6.07) is 0. The van der Waals surface area contributed by atoms with Gasteiger partial charge in [-0.3, -0.25) is 0 Å². The number of thiocarbonyl (C=S) groups is 1. The van der Waals surface area contributed by atoms with Crippen LogP contribution < -0.4 is 5.73 Å². The van der Waals surface area contributed by atoms with Gasteiger partial charge in [-0.15, -0.1) is 0 Å². The highest BCUT2D eigenvalue weighted by Crippen LogP contribution is 2.10. The van der Waals surface area contributed by atoms with Crippen molar-refractivity contribution in [2.75, 3.05) is 0 Å². The third-order valence-electron chi connectivity index (χ3n) is 1.20. The van der Waals surface area contributed by atoms with Crippen molar-refractivity contribution in [2.45, 2.75) is 19.4 Å². The molecule has 10 heavy (non-hydrogen) atoms. The summed E-state index contributed by atoms with van der Waals surface area (Å²) in [6.45, 7) is 7.60. The minimum Gasteiger partial charge on any atom is -0.322 e. The molecule has 0 fully saturated rings. The van der Waals surface area contributed by atoms with Gasteiger partial charge in [0.1, 0.15) is 0 Å². The van der Waals surface area contributed by atoms with Gasteiger partial charge in [0, 0.05) is 10.9 Å². The fraction of sp³-hybridized carbons (Fsp3) is 0.375. The monoisotopic (exact) mass is 155 g/mol. The van der Waals surface area contributed by atoms with Crippen molar-refractivity contribution in [3.63, 3.8) is 0 Å². The van der Waals surface area contributed by atoms with E-state index in [1.54, 1.807) is 6.08 Å². The van der Waals surface area contributed by atoms with Gasteiger partial charge in [-0.1, -0.05) is 30.9 Å². The molecule has 1 nitrogen and oxygen atoms in total. The van der Waals surface area contributed by atoms with Gasteiger partial charge in [-0.05, 0) is 19.4 Å². The third-order valence-corrected chi connectivity index (χ3v) is 1.36. The fourth-order valence-electron chi connectivity index (χ4n) is 0.370. The molecule has 0 atom stereocenters. The summed E-state index contributed by atoms with van der Waals surface area (Å²) < 4.78 is 0. The van der Waals surface area contributed by atoms with E-state index in [0.717, 1.165) is 5.57 Å². The average Bonchev–Trinajstić information content (AvgIpc) is 1.80. The zero-order valence-corrected chi connectivity index (χ0v) is 7.24. The molecule has 0 aliphatic rings. The minimum atomic E-state index is -0.338. The summed E-state index contributed by atoms with van der Waals surface area (Å²) in [6.07, 6.45) is 3.58. The van der Waals surface area contributed by atoms with E-state index in [9.17, 15) is 0 Å². The van der Waals surface area contributed by atoms with Crippen molar-refractivity contribution < 1.29 is 0 Å². The zero-order valence-electron chi connectivity index (χ0n) is 6.42. The molecule has 56 valence electrons. The molecule has 0 saturated heterocycles.